The minimum absolute atomic E-state index is 0.0600. The van der Waals surface area contributed by atoms with Gasteiger partial charge in [0.15, 0.2) is 5.79 Å². The summed E-state index contributed by atoms with van der Waals surface area (Å²) < 4.78 is 12.7. The lowest BCUT2D eigenvalue weighted by Crippen LogP contribution is -2.72. The van der Waals surface area contributed by atoms with Crippen molar-refractivity contribution in [2.24, 2.45) is 11.3 Å². The van der Waals surface area contributed by atoms with Crippen molar-refractivity contribution in [3.05, 3.63) is 0 Å². The van der Waals surface area contributed by atoms with Gasteiger partial charge in [-0.1, -0.05) is 34.6 Å². The fraction of sp³-hybridized carbons (Fsp3) is 1.00. The van der Waals surface area contributed by atoms with Crippen molar-refractivity contribution < 1.29 is 9.47 Å². The molecule has 3 nitrogen and oxygen atoms in total. The van der Waals surface area contributed by atoms with Gasteiger partial charge in [-0.2, -0.15) is 0 Å². The van der Waals surface area contributed by atoms with Crippen molar-refractivity contribution in [2.45, 2.75) is 84.6 Å². The third-order valence-corrected chi connectivity index (χ3v) is 5.77. The molecule has 118 valence electrons. The highest BCUT2D eigenvalue weighted by molar-refractivity contribution is 5.09. The molecule has 0 aliphatic carbocycles. The smallest absolute Gasteiger partial charge is 0.174 e. The first kappa shape index (κ1) is 16.3. The van der Waals surface area contributed by atoms with Gasteiger partial charge < -0.3 is 14.8 Å². The summed E-state index contributed by atoms with van der Waals surface area (Å²) in [6, 6.07) is 0. The molecule has 3 unspecified atom stereocenters. The van der Waals surface area contributed by atoms with Crippen LogP contribution in [0.5, 0.6) is 0 Å². The third-order valence-electron chi connectivity index (χ3n) is 5.77. The number of ether oxygens (including phenoxy) is 2. The number of rotatable bonds is 2. The monoisotopic (exact) mass is 283 g/mol. The maximum absolute atomic E-state index is 6.37. The summed E-state index contributed by atoms with van der Waals surface area (Å²) in [5, 5.41) is 3.89. The Labute approximate surface area is 124 Å². The van der Waals surface area contributed by atoms with E-state index in [1.54, 1.807) is 0 Å². The summed E-state index contributed by atoms with van der Waals surface area (Å²) in [5.74, 6) is -0.0771. The Morgan fingerprint density at radius 1 is 1.00 bits per heavy atom. The zero-order valence-corrected chi connectivity index (χ0v) is 14.4. The quantitative estimate of drug-likeness (QED) is 0.838. The summed E-state index contributed by atoms with van der Waals surface area (Å²) in [6.45, 7) is 17.4. The van der Waals surface area contributed by atoms with E-state index >= 15 is 0 Å². The van der Waals surface area contributed by atoms with Crippen molar-refractivity contribution in [3.8, 4) is 0 Å². The Morgan fingerprint density at radius 2 is 1.55 bits per heavy atom. The second-order valence-electron chi connectivity index (χ2n) is 8.26. The zero-order chi connectivity index (χ0) is 15.2. The summed E-state index contributed by atoms with van der Waals surface area (Å²) in [4.78, 5) is 0. The SMILES string of the molecule is CCC1(C)CC2(OCC(C)(C)CO2)C(C)C(C)(CC)N1. The predicted octanol–water partition coefficient (Wildman–Crippen LogP) is 3.72. The average Bonchev–Trinajstić information content (AvgIpc) is 2.40. The van der Waals surface area contributed by atoms with Crippen molar-refractivity contribution in [3.63, 3.8) is 0 Å². The van der Waals surface area contributed by atoms with Crippen LogP contribution in [-0.4, -0.2) is 30.1 Å². The van der Waals surface area contributed by atoms with Crippen molar-refractivity contribution in [2.75, 3.05) is 13.2 Å². The first-order chi connectivity index (χ1) is 9.10. The Balaban J connectivity index is 2.31. The Kier molecular flexibility index (Phi) is 4.03. The Morgan fingerprint density at radius 3 is 2.00 bits per heavy atom. The molecule has 0 radical (unpaired) electrons. The van der Waals surface area contributed by atoms with Gasteiger partial charge in [0.25, 0.3) is 0 Å². The van der Waals surface area contributed by atoms with Crippen LogP contribution < -0.4 is 5.32 Å². The van der Waals surface area contributed by atoms with E-state index in [1.807, 2.05) is 0 Å². The highest BCUT2D eigenvalue weighted by Gasteiger charge is 2.58. The molecule has 2 fully saturated rings. The molecule has 2 aliphatic heterocycles. The number of hydrogen-bond acceptors (Lipinski definition) is 3. The lowest BCUT2D eigenvalue weighted by atomic mass is 9.67. The number of hydrogen-bond donors (Lipinski definition) is 1. The molecule has 2 saturated heterocycles. The molecular weight excluding hydrogens is 250 g/mol. The fourth-order valence-corrected chi connectivity index (χ4v) is 3.70. The van der Waals surface area contributed by atoms with Gasteiger partial charge in [0.2, 0.25) is 0 Å². The number of nitrogens with one attached hydrogen (secondary N) is 1. The van der Waals surface area contributed by atoms with E-state index in [-0.39, 0.29) is 16.5 Å². The van der Waals surface area contributed by atoms with Gasteiger partial charge in [-0.05, 0) is 26.7 Å². The Bertz CT molecular complexity index is 358. The van der Waals surface area contributed by atoms with Crippen LogP contribution in [0.25, 0.3) is 0 Å². The largest absolute Gasteiger partial charge is 0.349 e. The normalized spacial score (nSPS) is 43.6. The molecule has 0 amide bonds. The van der Waals surface area contributed by atoms with Gasteiger partial charge >= 0.3 is 0 Å². The second-order valence-corrected chi connectivity index (χ2v) is 8.26. The van der Waals surface area contributed by atoms with Gasteiger partial charge in [-0.15, -0.1) is 0 Å². The molecule has 0 aromatic carbocycles. The topological polar surface area (TPSA) is 30.5 Å². The van der Waals surface area contributed by atoms with E-state index in [4.69, 9.17) is 9.47 Å². The minimum atomic E-state index is -0.420. The molecule has 1 spiro atoms. The van der Waals surface area contributed by atoms with E-state index in [9.17, 15) is 0 Å². The van der Waals surface area contributed by atoms with Gasteiger partial charge in [0.1, 0.15) is 0 Å². The van der Waals surface area contributed by atoms with Gasteiger partial charge in [0.05, 0.1) is 13.2 Å². The van der Waals surface area contributed by atoms with Gasteiger partial charge in [-0.3, -0.25) is 0 Å². The average molecular weight is 283 g/mol. The third kappa shape index (κ3) is 2.65. The fourth-order valence-electron chi connectivity index (χ4n) is 3.70. The first-order valence-electron chi connectivity index (χ1n) is 8.18. The van der Waals surface area contributed by atoms with E-state index in [1.165, 1.54) is 0 Å². The van der Waals surface area contributed by atoms with E-state index in [2.05, 4.69) is 53.8 Å². The molecule has 2 rings (SSSR count). The van der Waals surface area contributed by atoms with E-state index < -0.39 is 5.79 Å². The standard InChI is InChI=1S/C17H33NO2/c1-8-15(6)10-17(13(3)16(7,9-2)18-15)19-11-14(4,5)12-20-17/h13,18H,8-12H2,1-7H3. The first-order valence-corrected chi connectivity index (χ1v) is 8.18. The molecule has 0 bridgehead atoms. The van der Waals surface area contributed by atoms with Crippen LogP contribution >= 0.6 is 0 Å². The van der Waals surface area contributed by atoms with Crippen LogP contribution in [0.2, 0.25) is 0 Å². The van der Waals surface area contributed by atoms with Crippen LogP contribution in [0.1, 0.15) is 67.7 Å². The lowest BCUT2D eigenvalue weighted by Gasteiger charge is -2.60. The van der Waals surface area contributed by atoms with Crippen LogP contribution in [0.4, 0.5) is 0 Å². The van der Waals surface area contributed by atoms with Crippen LogP contribution in [0, 0.1) is 11.3 Å². The molecule has 3 heteroatoms. The van der Waals surface area contributed by atoms with Gasteiger partial charge in [0, 0.05) is 28.8 Å². The molecule has 2 aliphatic rings. The van der Waals surface area contributed by atoms with Gasteiger partial charge in [-0.25, -0.2) is 0 Å². The van der Waals surface area contributed by atoms with Crippen molar-refractivity contribution in [1.29, 1.82) is 0 Å². The molecular formula is C17H33NO2. The lowest BCUT2D eigenvalue weighted by molar-refractivity contribution is -0.348. The maximum Gasteiger partial charge on any atom is 0.174 e. The minimum Gasteiger partial charge on any atom is -0.349 e. The van der Waals surface area contributed by atoms with Crippen molar-refractivity contribution >= 4 is 0 Å². The summed E-state index contributed by atoms with van der Waals surface area (Å²) in [5.41, 5.74) is 0.268. The summed E-state index contributed by atoms with van der Waals surface area (Å²) in [6.07, 6.45) is 3.11. The molecule has 1 N–H and O–H groups in total. The molecule has 20 heavy (non-hydrogen) atoms. The summed E-state index contributed by atoms with van der Waals surface area (Å²) in [7, 11) is 0. The second kappa shape index (κ2) is 4.96. The number of piperidine rings is 1. The summed E-state index contributed by atoms with van der Waals surface area (Å²) >= 11 is 0. The van der Waals surface area contributed by atoms with E-state index in [0.717, 1.165) is 32.5 Å². The molecule has 3 atom stereocenters. The molecule has 2 heterocycles. The van der Waals surface area contributed by atoms with Crippen LogP contribution in [0.3, 0.4) is 0 Å². The Hall–Kier alpha value is -0.120. The molecule has 0 aromatic heterocycles. The predicted molar refractivity (Wildman–Crippen MR) is 82.7 cm³/mol. The zero-order valence-electron chi connectivity index (χ0n) is 14.4. The van der Waals surface area contributed by atoms with Crippen LogP contribution in [-0.2, 0) is 9.47 Å². The highest BCUT2D eigenvalue weighted by atomic mass is 16.7. The highest BCUT2D eigenvalue weighted by Crippen LogP contribution is 2.48. The van der Waals surface area contributed by atoms with Crippen LogP contribution in [0.15, 0.2) is 0 Å². The van der Waals surface area contributed by atoms with E-state index in [0.29, 0.717) is 5.92 Å². The van der Waals surface area contributed by atoms with Crippen molar-refractivity contribution in [1.82, 2.24) is 5.32 Å². The molecule has 0 aromatic rings. The molecule has 0 saturated carbocycles. The maximum atomic E-state index is 6.37.